The molecule has 0 spiro atoms. The van der Waals surface area contributed by atoms with E-state index in [0.29, 0.717) is 11.2 Å². The Morgan fingerprint density at radius 3 is 2.72 bits per heavy atom. The summed E-state index contributed by atoms with van der Waals surface area (Å²) >= 11 is 1.47. The molecule has 0 saturated carbocycles. The smallest absolute Gasteiger partial charge is 0.259 e. The lowest BCUT2D eigenvalue weighted by atomic mass is 9.99. The molecular formula is C23H21N7OS. The van der Waals surface area contributed by atoms with Gasteiger partial charge < -0.3 is 9.88 Å². The molecule has 0 fully saturated rings. The molecule has 0 unspecified atom stereocenters. The van der Waals surface area contributed by atoms with Crippen LogP contribution in [-0.4, -0.2) is 29.7 Å². The molecule has 0 aliphatic heterocycles. The second-order valence-corrected chi connectivity index (χ2v) is 8.67. The summed E-state index contributed by atoms with van der Waals surface area (Å²) in [7, 11) is 0. The molecule has 1 atom stereocenters. The van der Waals surface area contributed by atoms with Gasteiger partial charge in [0, 0.05) is 17.3 Å². The predicted octanol–water partition coefficient (Wildman–Crippen LogP) is 4.61. The Kier molecular flexibility index (Phi) is 5.10. The molecule has 0 bridgehead atoms. The number of rotatable bonds is 5. The van der Waals surface area contributed by atoms with Crippen molar-refractivity contribution < 1.29 is 0 Å². The van der Waals surface area contributed by atoms with Crippen LogP contribution in [0, 0.1) is 0 Å². The van der Waals surface area contributed by atoms with E-state index in [1.807, 2.05) is 49.6 Å². The zero-order valence-corrected chi connectivity index (χ0v) is 18.7. The van der Waals surface area contributed by atoms with Gasteiger partial charge in [-0.2, -0.15) is 10.2 Å². The van der Waals surface area contributed by atoms with Crippen LogP contribution in [0.3, 0.4) is 0 Å². The maximum Gasteiger partial charge on any atom is 0.259 e. The van der Waals surface area contributed by atoms with E-state index in [9.17, 15) is 4.79 Å². The predicted molar refractivity (Wildman–Crippen MR) is 127 cm³/mol. The van der Waals surface area contributed by atoms with Gasteiger partial charge in [0.15, 0.2) is 5.82 Å². The van der Waals surface area contributed by atoms with E-state index in [1.54, 1.807) is 17.9 Å². The van der Waals surface area contributed by atoms with Gasteiger partial charge in [-0.25, -0.2) is 15.0 Å². The van der Waals surface area contributed by atoms with E-state index in [-0.39, 0.29) is 17.6 Å². The van der Waals surface area contributed by atoms with Gasteiger partial charge in [-0.05, 0) is 43.9 Å². The summed E-state index contributed by atoms with van der Waals surface area (Å²) in [5.74, 6) is 0.656. The number of anilines is 1. The lowest BCUT2D eigenvalue weighted by Crippen LogP contribution is -2.28. The molecule has 160 valence electrons. The lowest BCUT2D eigenvalue weighted by Gasteiger charge is -2.24. The number of thiazole rings is 1. The molecular weight excluding hydrogens is 422 g/mol. The topological polar surface area (TPSA) is 98.5 Å². The van der Waals surface area contributed by atoms with Gasteiger partial charge >= 0.3 is 0 Å². The van der Waals surface area contributed by atoms with Gasteiger partial charge in [0.25, 0.3) is 5.56 Å². The van der Waals surface area contributed by atoms with Gasteiger partial charge in [-0.3, -0.25) is 4.79 Å². The number of nitrogens with zero attached hydrogens (tertiary/aromatic N) is 6. The number of pyridine rings is 1. The summed E-state index contributed by atoms with van der Waals surface area (Å²) in [6, 6.07) is 9.62. The lowest BCUT2D eigenvalue weighted by molar-refractivity contribution is 0.541. The fourth-order valence-electron chi connectivity index (χ4n) is 4.03. The second kappa shape index (κ2) is 8.08. The van der Waals surface area contributed by atoms with Crippen molar-refractivity contribution in [2.75, 3.05) is 5.32 Å². The van der Waals surface area contributed by atoms with Crippen molar-refractivity contribution in [1.29, 1.82) is 0 Å². The Labute approximate surface area is 188 Å². The number of nitrogens with one attached hydrogen (secondary N) is 1. The Morgan fingerprint density at radius 2 is 1.94 bits per heavy atom. The molecule has 4 heterocycles. The van der Waals surface area contributed by atoms with Crippen LogP contribution >= 0.6 is 11.3 Å². The molecule has 1 N–H and O–H groups in total. The highest BCUT2D eigenvalue weighted by molar-refractivity contribution is 7.16. The molecule has 5 rings (SSSR count). The fraction of sp³-hybridized carbons (Fsp3) is 0.217. The summed E-state index contributed by atoms with van der Waals surface area (Å²) in [5.41, 5.74) is 5.05. The van der Waals surface area contributed by atoms with Crippen LogP contribution in [0.15, 0.2) is 59.4 Å². The summed E-state index contributed by atoms with van der Waals surface area (Å²) in [5, 5.41) is 12.8. The maximum absolute atomic E-state index is 13.8. The van der Waals surface area contributed by atoms with Gasteiger partial charge in [-0.15, -0.1) is 11.3 Å². The van der Waals surface area contributed by atoms with E-state index >= 15 is 0 Å². The monoisotopic (exact) mass is 443 g/mol. The number of benzene rings is 1. The fourth-order valence-corrected chi connectivity index (χ4v) is 4.66. The van der Waals surface area contributed by atoms with Crippen molar-refractivity contribution in [3.63, 3.8) is 0 Å². The van der Waals surface area contributed by atoms with Crippen LogP contribution in [-0.2, 0) is 0 Å². The third-order valence-corrected chi connectivity index (χ3v) is 6.19. The van der Waals surface area contributed by atoms with Crippen molar-refractivity contribution in [3.8, 4) is 11.1 Å². The van der Waals surface area contributed by atoms with E-state index in [0.717, 1.165) is 32.6 Å². The summed E-state index contributed by atoms with van der Waals surface area (Å²) in [4.78, 5) is 27.6. The first-order valence-electron chi connectivity index (χ1n) is 10.3. The third kappa shape index (κ3) is 3.40. The number of aromatic nitrogens is 6. The van der Waals surface area contributed by atoms with E-state index in [2.05, 4.69) is 36.5 Å². The number of fused-ring (bicyclic) bond motifs is 2. The Bertz CT molecular complexity index is 1480. The zero-order chi connectivity index (χ0) is 22.2. The van der Waals surface area contributed by atoms with Crippen LogP contribution in [0.2, 0.25) is 0 Å². The average molecular weight is 444 g/mol. The first kappa shape index (κ1) is 20.2. The highest BCUT2D eigenvalue weighted by Gasteiger charge is 2.20. The molecule has 0 aliphatic rings. The summed E-state index contributed by atoms with van der Waals surface area (Å²) in [6.45, 7) is 6.06. The Morgan fingerprint density at radius 1 is 1.06 bits per heavy atom. The van der Waals surface area contributed by atoms with E-state index < -0.39 is 0 Å². The standard InChI is InChI=1S/C23H21N7OS/c1-13(2)30-18(14(3)29-21-20-22(25-11-24-21)32-12-26-20)9-15-5-4-6-17(19(15)23(30)31)16-7-8-27-28-10-16/h4-14H,1-3H3,(H,24,25,29)/t14-/m0/s1. The Hall–Kier alpha value is -3.72. The van der Waals surface area contributed by atoms with Crippen LogP contribution in [0.4, 0.5) is 5.82 Å². The van der Waals surface area contributed by atoms with Gasteiger partial charge in [0.2, 0.25) is 0 Å². The van der Waals surface area contributed by atoms with Crippen molar-refractivity contribution in [2.24, 2.45) is 0 Å². The van der Waals surface area contributed by atoms with E-state index in [4.69, 9.17) is 0 Å². The molecule has 32 heavy (non-hydrogen) atoms. The highest BCUT2D eigenvalue weighted by Crippen LogP contribution is 2.30. The van der Waals surface area contributed by atoms with Crippen LogP contribution in [0.5, 0.6) is 0 Å². The normalized spacial score (nSPS) is 12.5. The largest absolute Gasteiger partial charge is 0.360 e. The van der Waals surface area contributed by atoms with Gasteiger partial charge in [0.1, 0.15) is 16.7 Å². The molecule has 0 radical (unpaired) electrons. The third-order valence-electron chi connectivity index (χ3n) is 5.45. The molecule has 1 aromatic carbocycles. The maximum atomic E-state index is 13.8. The summed E-state index contributed by atoms with van der Waals surface area (Å²) in [6.07, 6.45) is 4.84. The molecule has 4 aromatic heterocycles. The van der Waals surface area contributed by atoms with Gasteiger partial charge in [0.05, 0.1) is 29.3 Å². The molecule has 0 amide bonds. The minimum atomic E-state index is -0.180. The molecule has 5 aromatic rings. The average Bonchev–Trinajstić information content (AvgIpc) is 3.29. The van der Waals surface area contributed by atoms with Gasteiger partial charge in [-0.1, -0.05) is 18.2 Å². The minimum absolute atomic E-state index is 0.0283. The zero-order valence-electron chi connectivity index (χ0n) is 17.9. The first-order valence-corrected chi connectivity index (χ1v) is 11.2. The SMILES string of the molecule is CC(C)n1c([C@H](C)Nc2ncnc3scnc23)cc2cccc(-c3ccnnc3)c2c1=O. The van der Waals surface area contributed by atoms with Crippen LogP contribution < -0.4 is 10.9 Å². The second-order valence-electron chi connectivity index (χ2n) is 7.83. The number of hydrogen-bond donors (Lipinski definition) is 1. The molecule has 9 heteroatoms. The quantitative estimate of drug-likeness (QED) is 0.423. The van der Waals surface area contributed by atoms with Crippen LogP contribution in [0.1, 0.15) is 38.5 Å². The molecule has 8 nitrogen and oxygen atoms in total. The minimum Gasteiger partial charge on any atom is -0.360 e. The molecule has 0 aliphatic carbocycles. The van der Waals surface area contributed by atoms with Crippen LogP contribution in [0.25, 0.3) is 32.2 Å². The Balaban J connectivity index is 1.67. The summed E-state index contributed by atoms with van der Waals surface area (Å²) < 4.78 is 1.84. The highest BCUT2D eigenvalue weighted by atomic mass is 32.1. The van der Waals surface area contributed by atoms with Crippen molar-refractivity contribution in [1.82, 2.24) is 29.7 Å². The first-order chi connectivity index (χ1) is 15.5. The van der Waals surface area contributed by atoms with E-state index in [1.165, 1.54) is 17.7 Å². The molecule has 0 saturated heterocycles. The van der Waals surface area contributed by atoms with Crippen molar-refractivity contribution in [3.05, 3.63) is 70.6 Å². The van der Waals surface area contributed by atoms with Crippen molar-refractivity contribution in [2.45, 2.75) is 32.9 Å². The van der Waals surface area contributed by atoms with Crippen molar-refractivity contribution >= 4 is 38.3 Å². The number of hydrogen-bond acceptors (Lipinski definition) is 8.